The molecule has 4 unspecified atom stereocenters. The van der Waals surface area contributed by atoms with Gasteiger partial charge in [-0.05, 0) is 38.1 Å². The lowest BCUT2D eigenvalue weighted by Gasteiger charge is -2.24. The van der Waals surface area contributed by atoms with Gasteiger partial charge in [-0.25, -0.2) is 0 Å². The monoisotopic (exact) mass is 291 g/mol. The van der Waals surface area contributed by atoms with Crippen molar-refractivity contribution in [3.63, 3.8) is 0 Å². The van der Waals surface area contributed by atoms with Gasteiger partial charge in [0.2, 0.25) is 5.95 Å². The number of aromatic nitrogens is 3. The van der Waals surface area contributed by atoms with E-state index in [1.54, 1.807) is 0 Å². The van der Waals surface area contributed by atoms with Crippen molar-refractivity contribution < 1.29 is 4.74 Å². The predicted octanol–water partition coefficient (Wildman–Crippen LogP) is 1.28. The highest BCUT2D eigenvalue weighted by Crippen LogP contribution is 2.33. The van der Waals surface area contributed by atoms with E-state index in [2.05, 4.69) is 27.3 Å². The molecule has 1 aromatic rings. The van der Waals surface area contributed by atoms with Gasteiger partial charge in [-0.2, -0.15) is 4.98 Å². The van der Waals surface area contributed by atoms with Gasteiger partial charge in [0.1, 0.15) is 5.82 Å². The number of H-pyrrole nitrogens is 1. The molecule has 4 atom stereocenters. The Labute approximate surface area is 125 Å². The molecule has 6 nitrogen and oxygen atoms in total. The van der Waals surface area contributed by atoms with Gasteiger partial charge in [0.15, 0.2) is 0 Å². The highest BCUT2D eigenvalue weighted by molar-refractivity contribution is 5.33. The minimum absolute atomic E-state index is 0.300. The molecule has 3 fully saturated rings. The number of rotatable bonds is 3. The quantitative estimate of drug-likeness (QED) is 0.878. The summed E-state index contributed by atoms with van der Waals surface area (Å²) in [6, 6.07) is 0.624. The topological polar surface area (TPSA) is 66.1 Å². The van der Waals surface area contributed by atoms with Crippen molar-refractivity contribution >= 4 is 5.95 Å². The third-order valence-electron chi connectivity index (χ3n) is 5.34. The second-order valence-electron chi connectivity index (χ2n) is 6.60. The molecule has 1 aromatic heterocycles. The van der Waals surface area contributed by atoms with Gasteiger partial charge < -0.3 is 15.0 Å². The highest BCUT2D eigenvalue weighted by atomic mass is 16.5. The van der Waals surface area contributed by atoms with Crippen molar-refractivity contribution in [3.05, 3.63) is 5.82 Å². The van der Waals surface area contributed by atoms with Gasteiger partial charge in [0.25, 0.3) is 0 Å². The summed E-state index contributed by atoms with van der Waals surface area (Å²) in [5.41, 5.74) is 0. The number of aromatic amines is 1. The molecule has 0 aliphatic carbocycles. The van der Waals surface area contributed by atoms with Gasteiger partial charge in [-0.1, -0.05) is 6.92 Å². The van der Waals surface area contributed by atoms with Gasteiger partial charge in [-0.15, -0.1) is 5.10 Å². The van der Waals surface area contributed by atoms with Gasteiger partial charge in [0.05, 0.1) is 6.10 Å². The standard InChI is InChI=1S/C15H25N5O/c1-2-13-11(5-7-21-13)14-17-15(19-18-14)20-8-10-4-3-6-16-12(10)9-20/h10-13,16H,2-9H2,1H3,(H,17,18,19). The molecule has 21 heavy (non-hydrogen) atoms. The smallest absolute Gasteiger partial charge is 0.244 e. The Bertz CT molecular complexity index is 476. The third kappa shape index (κ3) is 2.44. The van der Waals surface area contributed by atoms with Gasteiger partial charge >= 0.3 is 0 Å². The molecule has 0 aromatic carbocycles. The molecule has 116 valence electrons. The van der Waals surface area contributed by atoms with Crippen LogP contribution in [0.15, 0.2) is 0 Å². The van der Waals surface area contributed by atoms with E-state index >= 15 is 0 Å². The Morgan fingerprint density at radius 1 is 1.33 bits per heavy atom. The Morgan fingerprint density at radius 2 is 2.29 bits per heavy atom. The Morgan fingerprint density at radius 3 is 3.14 bits per heavy atom. The molecule has 0 saturated carbocycles. The van der Waals surface area contributed by atoms with E-state index < -0.39 is 0 Å². The zero-order valence-electron chi connectivity index (χ0n) is 12.7. The fourth-order valence-electron chi connectivity index (χ4n) is 4.15. The number of ether oxygens (including phenoxy) is 1. The van der Waals surface area contributed by atoms with Gasteiger partial charge in [-0.3, -0.25) is 5.10 Å². The van der Waals surface area contributed by atoms with E-state index in [0.29, 0.717) is 18.1 Å². The summed E-state index contributed by atoms with van der Waals surface area (Å²) in [6.45, 7) is 6.31. The molecule has 4 rings (SSSR count). The van der Waals surface area contributed by atoms with Crippen LogP contribution in [0.3, 0.4) is 0 Å². The molecule has 0 amide bonds. The Kier molecular flexibility index (Phi) is 3.59. The maximum absolute atomic E-state index is 5.77. The summed E-state index contributed by atoms with van der Waals surface area (Å²) < 4.78 is 5.77. The summed E-state index contributed by atoms with van der Waals surface area (Å²) in [4.78, 5) is 7.12. The summed E-state index contributed by atoms with van der Waals surface area (Å²) in [7, 11) is 0. The second kappa shape index (κ2) is 5.57. The molecule has 4 heterocycles. The summed E-state index contributed by atoms with van der Waals surface area (Å²) in [5, 5.41) is 11.3. The molecule has 3 saturated heterocycles. The maximum atomic E-state index is 5.77. The molecule has 0 spiro atoms. The van der Waals surface area contributed by atoms with Crippen LogP contribution in [0.1, 0.15) is 44.3 Å². The lowest BCUT2D eigenvalue weighted by molar-refractivity contribution is 0.0995. The summed E-state index contributed by atoms with van der Waals surface area (Å²) in [5.74, 6) is 3.04. The van der Waals surface area contributed by atoms with Crippen molar-refractivity contribution in [2.24, 2.45) is 5.92 Å². The minimum atomic E-state index is 0.300. The van der Waals surface area contributed by atoms with E-state index in [1.807, 2.05) is 0 Å². The number of hydrogen-bond donors (Lipinski definition) is 2. The number of piperidine rings is 1. The number of nitrogens with zero attached hydrogens (tertiary/aromatic N) is 3. The predicted molar refractivity (Wildman–Crippen MR) is 80.5 cm³/mol. The lowest BCUT2D eigenvalue weighted by atomic mass is 9.94. The van der Waals surface area contributed by atoms with Crippen molar-refractivity contribution in [2.75, 3.05) is 31.1 Å². The van der Waals surface area contributed by atoms with Crippen LogP contribution in [-0.2, 0) is 4.74 Å². The molecule has 2 N–H and O–H groups in total. The first-order chi connectivity index (χ1) is 10.3. The van der Waals surface area contributed by atoms with E-state index in [4.69, 9.17) is 9.72 Å². The first kappa shape index (κ1) is 13.5. The fraction of sp³-hybridized carbons (Fsp3) is 0.867. The van der Waals surface area contributed by atoms with E-state index in [9.17, 15) is 0 Å². The molecule has 6 heteroatoms. The first-order valence-corrected chi connectivity index (χ1v) is 8.37. The Balaban J connectivity index is 1.47. The van der Waals surface area contributed by atoms with E-state index in [1.165, 1.54) is 12.8 Å². The largest absolute Gasteiger partial charge is 0.377 e. The van der Waals surface area contributed by atoms with Crippen LogP contribution in [0.25, 0.3) is 0 Å². The fourth-order valence-corrected chi connectivity index (χ4v) is 4.15. The molecule has 0 radical (unpaired) electrons. The average Bonchev–Trinajstić information content (AvgIpc) is 3.23. The summed E-state index contributed by atoms with van der Waals surface area (Å²) in [6.07, 6.45) is 5.03. The first-order valence-electron chi connectivity index (χ1n) is 8.37. The Hall–Kier alpha value is -1.14. The van der Waals surface area contributed by atoms with Crippen molar-refractivity contribution in [3.8, 4) is 0 Å². The lowest BCUT2D eigenvalue weighted by Crippen LogP contribution is -2.40. The maximum Gasteiger partial charge on any atom is 0.244 e. The summed E-state index contributed by atoms with van der Waals surface area (Å²) >= 11 is 0. The van der Waals surface area contributed by atoms with Crippen LogP contribution in [-0.4, -0.2) is 53.6 Å². The van der Waals surface area contributed by atoms with Crippen molar-refractivity contribution in [1.82, 2.24) is 20.5 Å². The molecular formula is C15H25N5O. The number of hydrogen-bond acceptors (Lipinski definition) is 5. The average molecular weight is 291 g/mol. The molecule has 3 aliphatic heterocycles. The van der Waals surface area contributed by atoms with Crippen LogP contribution in [0.4, 0.5) is 5.95 Å². The van der Waals surface area contributed by atoms with Crippen LogP contribution in [0.5, 0.6) is 0 Å². The number of fused-ring (bicyclic) bond motifs is 1. The van der Waals surface area contributed by atoms with Crippen LogP contribution < -0.4 is 10.2 Å². The molecule has 3 aliphatic rings. The highest BCUT2D eigenvalue weighted by Gasteiger charge is 2.37. The number of anilines is 1. The minimum Gasteiger partial charge on any atom is -0.377 e. The van der Waals surface area contributed by atoms with Crippen molar-refractivity contribution in [1.29, 1.82) is 0 Å². The van der Waals surface area contributed by atoms with Crippen molar-refractivity contribution in [2.45, 2.75) is 50.7 Å². The van der Waals surface area contributed by atoms with Gasteiger partial charge in [0, 0.05) is 31.7 Å². The number of nitrogens with one attached hydrogen (secondary N) is 2. The third-order valence-corrected chi connectivity index (χ3v) is 5.34. The zero-order chi connectivity index (χ0) is 14.2. The second-order valence-corrected chi connectivity index (χ2v) is 6.60. The van der Waals surface area contributed by atoms with E-state index in [0.717, 1.165) is 56.8 Å². The van der Waals surface area contributed by atoms with Crippen LogP contribution in [0, 0.1) is 5.92 Å². The van der Waals surface area contributed by atoms with E-state index in [-0.39, 0.29) is 0 Å². The SMILES string of the molecule is CCC1OCCC1c1nc(N2CC3CCCNC3C2)n[nH]1. The molecule has 0 bridgehead atoms. The normalized spacial score (nSPS) is 36.1. The zero-order valence-corrected chi connectivity index (χ0v) is 12.7. The molecular weight excluding hydrogens is 266 g/mol. The van der Waals surface area contributed by atoms with Crippen LogP contribution >= 0.6 is 0 Å². The van der Waals surface area contributed by atoms with Crippen LogP contribution in [0.2, 0.25) is 0 Å².